The van der Waals surface area contributed by atoms with Crippen molar-refractivity contribution < 1.29 is 14.4 Å². The van der Waals surface area contributed by atoms with Gasteiger partial charge in [-0.05, 0) is 44.2 Å². The summed E-state index contributed by atoms with van der Waals surface area (Å²) in [7, 11) is 1.84. The molecular formula is C30H38N4O3. The van der Waals surface area contributed by atoms with E-state index in [1.807, 2.05) is 67.7 Å². The van der Waals surface area contributed by atoms with Crippen molar-refractivity contribution >= 4 is 23.8 Å². The van der Waals surface area contributed by atoms with Gasteiger partial charge in [0, 0.05) is 32.6 Å². The summed E-state index contributed by atoms with van der Waals surface area (Å²) in [4.78, 5) is 43.8. The highest BCUT2D eigenvalue weighted by Gasteiger charge is 2.55. The summed E-state index contributed by atoms with van der Waals surface area (Å²) in [5.74, 6) is -0.463. The smallest absolute Gasteiger partial charge is 0.245 e. The van der Waals surface area contributed by atoms with Crippen LogP contribution < -0.4 is 11.1 Å². The van der Waals surface area contributed by atoms with Crippen LogP contribution in [0.25, 0.3) is 6.08 Å². The van der Waals surface area contributed by atoms with Crippen molar-refractivity contribution in [2.45, 2.75) is 50.6 Å². The Morgan fingerprint density at radius 1 is 1.14 bits per heavy atom. The van der Waals surface area contributed by atoms with Gasteiger partial charge in [0.2, 0.25) is 17.7 Å². The largest absolute Gasteiger partial charge is 0.345 e. The van der Waals surface area contributed by atoms with E-state index in [-0.39, 0.29) is 23.6 Å². The third-order valence-corrected chi connectivity index (χ3v) is 7.60. The zero-order valence-corrected chi connectivity index (χ0v) is 22.0. The van der Waals surface area contributed by atoms with Crippen LogP contribution in [0.5, 0.6) is 0 Å². The fourth-order valence-electron chi connectivity index (χ4n) is 5.59. The molecule has 2 fully saturated rings. The number of nitrogens with zero attached hydrogens (tertiary/aromatic N) is 2. The predicted octanol–water partition coefficient (Wildman–Crippen LogP) is 3.18. The van der Waals surface area contributed by atoms with Crippen LogP contribution in [0, 0.1) is 5.41 Å². The molecule has 196 valence electrons. The average molecular weight is 503 g/mol. The van der Waals surface area contributed by atoms with Gasteiger partial charge < -0.3 is 20.9 Å². The molecule has 0 radical (unpaired) electrons. The van der Waals surface area contributed by atoms with E-state index in [0.29, 0.717) is 26.1 Å². The number of amides is 3. The van der Waals surface area contributed by atoms with E-state index in [9.17, 15) is 14.4 Å². The van der Waals surface area contributed by atoms with Crippen LogP contribution >= 0.6 is 0 Å². The fraction of sp³-hybridized carbons (Fsp3) is 0.433. The highest BCUT2D eigenvalue weighted by atomic mass is 16.2. The Bertz CT molecular complexity index is 1140. The summed E-state index contributed by atoms with van der Waals surface area (Å²) in [6, 6.07) is 19.2. The molecule has 7 heteroatoms. The lowest BCUT2D eigenvalue weighted by atomic mass is 9.69. The van der Waals surface area contributed by atoms with Gasteiger partial charge in [-0.1, -0.05) is 72.8 Å². The molecule has 2 aliphatic rings. The maximum Gasteiger partial charge on any atom is 0.245 e. The first-order valence-corrected chi connectivity index (χ1v) is 13.0. The Balaban J connectivity index is 1.58. The molecule has 0 bridgehead atoms. The molecule has 7 nitrogen and oxygen atoms in total. The Labute approximate surface area is 219 Å². The van der Waals surface area contributed by atoms with E-state index < -0.39 is 17.0 Å². The second-order valence-electron chi connectivity index (χ2n) is 11.0. The third-order valence-electron chi connectivity index (χ3n) is 7.60. The maximum atomic E-state index is 13.9. The summed E-state index contributed by atoms with van der Waals surface area (Å²) >= 11 is 0. The quantitative estimate of drug-likeness (QED) is 0.608. The number of carbonyl (C=O) groups excluding carboxylic acids is 3. The van der Waals surface area contributed by atoms with Gasteiger partial charge >= 0.3 is 0 Å². The molecule has 2 aromatic carbocycles. The standard InChI is InChI=1S/C30H38N4O3/c1-29(2,31)27(36)32-25(17-10-14-22-12-6-4-7-13-22)26(35)34-19-11-18-30(21-34)24(20-33(3)28(30)37)23-15-8-5-9-16-23/h4-10,12-16,24-25H,11,17-21,31H2,1-3H3,(H,32,36)/t24-,25?,30-/m0/s1. The zero-order valence-electron chi connectivity index (χ0n) is 22.0. The summed E-state index contributed by atoms with van der Waals surface area (Å²) < 4.78 is 0. The first-order chi connectivity index (χ1) is 17.6. The Hall–Kier alpha value is -3.45. The molecule has 0 aromatic heterocycles. The van der Waals surface area contributed by atoms with Gasteiger partial charge in [0.1, 0.15) is 6.04 Å². The first kappa shape index (κ1) is 26.6. The van der Waals surface area contributed by atoms with Crippen molar-refractivity contribution in [2.75, 3.05) is 26.7 Å². The van der Waals surface area contributed by atoms with E-state index in [0.717, 1.165) is 24.0 Å². The van der Waals surface area contributed by atoms with Crippen LogP contribution in [-0.4, -0.2) is 65.8 Å². The first-order valence-electron chi connectivity index (χ1n) is 13.0. The summed E-state index contributed by atoms with van der Waals surface area (Å²) in [6.07, 6.45) is 5.65. The molecule has 37 heavy (non-hydrogen) atoms. The van der Waals surface area contributed by atoms with E-state index in [4.69, 9.17) is 5.73 Å². The van der Waals surface area contributed by atoms with Gasteiger partial charge in [-0.3, -0.25) is 14.4 Å². The van der Waals surface area contributed by atoms with E-state index in [1.54, 1.807) is 23.6 Å². The van der Waals surface area contributed by atoms with Crippen molar-refractivity contribution in [3.05, 3.63) is 77.9 Å². The van der Waals surface area contributed by atoms with Crippen molar-refractivity contribution in [3.63, 3.8) is 0 Å². The zero-order chi connectivity index (χ0) is 26.6. The molecule has 4 rings (SSSR count). The molecular weight excluding hydrogens is 464 g/mol. The number of rotatable bonds is 7. The molecule has 2 aromatic rings. The van der Waals surface area contributed by atoms with Crippen LogP contribution in [-0.2, 0) is 14.4 Å². The van der Waals surface area contributed by atoms with E-state index in [1.165, 1.54) is 0 Å². The van der Waals surface area contributed by atoms with Gasteiger partial charge in [-0.2, -0.15) is 0 Å². The van der Waals surface area contributed by atoms with Gasteiger partial charge in [-0.15, -0.1) is 0 Å². The lowest BCUT2D eigenvalue weighted by molar-refractivity contribution is -0.145. The second-order valence-corrected chi connectivity index (χ2v) is 11.0. The normalized spacial score (nSPS) is 23.0. The SMILES string of the molecule is CN1C[C@@H](c2ccccc2)[C@@]2(CCCN(C(=O)C(CC=Cc3ccccc3)NC(=O)C(C)(C)N)C2)C1=O. The van der Waals surface area contributed by atoms with Gasteiger partial charge in [0.05, 0.1) is 11.0 Å². The Kier molecular flexibility index (Phi) is 7.83. The predicted molar refractivity (Wildman–Crippen MR) is 145 cm³/mol. The van der Waals surface area contributed by atoms with Crippen LogP contribution in [0.2, 0.25) is 0 Å². The molecule has 2 aliphatic heterocycles. The number of nitrogens with two attached hydrogens (primary N) is 1. The Morgan fingerprint density at radius 3 is 2.43 bits per heavy atom. The number of nitrogens with one attached hydrogen (secondary N) is 1. The van der Waals surface area contributed by atoms with Crippen LogP contribution in [0.15, 0.2) is 66.7 Å². The maximum absolute atomic E-state index is 13.9. The number of hydrogen-bond acceptors (Lipinski definition) is 4. The van der Waals surface area contributed by atoms with Crippen LogP contribution in [0.4, 0.5) is 0 Å². The monoisotopic (exact) mass is 502 g/mol. The van der Waals surface area contributed by atoms with Gasteiger partial charge in [0.15, 0.2) is 0 Å². The molecule has 1 unspecified atom stereocenters. The molecule has 3 N–H and O–H groups in total. The van der Waals surface area contributed by atoms with Crippen molar-refractivity contribution in [1.29, 1.82) is 0 Å². The molecule has 0 saturated carbocycles. The molecule has 3 amide bonds. The number of likely N-dealkylation sites (N-methyl/N-ethyl adjacent to an activating group) is 1. The second kappa shape index (κ2) is 10.9. The van der Waals surface area contributed by atoms with E-state index in [2.05, 4.69) is 17.4 Å². The molecule has 0 aliphatic carbocycles. The van der Waals surface area contributed by atoms with Crippen molar-refractivity contribution in [2.24, 2.45) is 11.1 Å². The van der Waals surface area contributed by atoms with E-state index >= 15 is 0 Å². The minimum absolute atomic E-state index is 0.00999. The molecule has 1 spiro atoms. The van der Waals surface area contributed by atoms with Crippen LogP contribution in [0.1, 0.15) is 50.2 Å². The molecule has 2 saturated heterocycles. The number of carbonyl (C=O) groups is 3. The number of likely N-dealkylation sites (tertiary alicyclic amines) is 2. The Morgan fingerprint density at radius 2 is 1.78 bits per heavy atom. The minimum Gasteiger partial charge on any atom is -0.345 e. The molecule has 2 heterocycles. The summed E-state index contributed by atoms with van der Waals surface area (Å²) in [5.41, 5.74) is 6.39. The highest BCUT2D eigenvalue weighted by Crippen LogP contribution is 2.49. The van der Waals surface area contributed by atoms with Crippen LogP contribution in [0.3, 0.4) is 0 Å². The topological polar surface area (TPSA) is 95.7 Å². The van der Waals surface area contributed by atoms with Crippen molar-refractivity contribution in [1.82, 2.24) is 15.1 Å². The molecule has 3 atom stereocenters. The lowest BCUT2D eigenvalue weighted by Gasteiger charge is -2.43. The number of piperidine rings is 1. The summed E-state index contributed by atoms with van der Waals surface area (Å²) in [6.45, 7) is 4.77. The lowest BCUT2D eigenvalue weighted by Crippen LogP contribution is -2.59. The fourth-order valence-corrected chi connectivity index (χ4v) is 5.59. The van der Waals surface area contributed by atoms with Gasteiger partial charge in [-0.25, -0.2) is 0 Å². The number of hydrogen-bond donors (Lipinski definition) is 2. The minimum atomic E-state index is -1.12. The number of benzene rings is 2. The van der Waals surface area contributed by atoms with Crippen molar-refractivity contribution in [3.8, 4) is 0 Å². The third kappa shape index (κ3) is 5.77. The average Bonchev–Trinajstić information content (AvgIpc) is 3.13. The highest BCUT2D eigenvalue weighted by molar-refractivity contribution is 5.93. The van der Waals surface area contributed by atoms with Gasteiger partial charge in [0.25, 0.3) is 0 Å². The summed E-state index contributed by atoms with van der Waals surface area (Å²) in [5, 5.41) is 2.88.